The molecule has 0 spiro atoms. The third-order valence-electron chi connectivity index (χ3n) is 5.21. The molecule has 2 aliphatic rings. The highest BCUT2D eigenvalue weighted by Gasteiger charge is 2.31. The van der Waals surface area contributed by atoms with Gasteiger partial charge in [-0.05, 0) is 42.7 Å². The monoisotopic (exact) mass is 409 g/mol. The van der Waals surface area contributed by atoms with Crippen LogP contribution in [0.4, 0.5) is 19.0 Å². The van der Waals surface area contributed by atoms with Crippen molar-refractivity contribution in [3.8, 4) is 17.2 Å². The molecule has 1 saturated heterocycles. The molecule has 2 aliphatic heterocycles. The minimum atomic E-state index is -4.36. The van der Waals surface area contributed by atoms with Gasteiger partial charge in [0.1, 0.15) is 5.82 Å². The Kier molecular flexibility index (Phi) is 5.40. The molecule has 1 fully saturated rings. The number of hydrogen-bond donors (Lipinski definition) is 1. The standard InChI is InChI=1S/C20H22F3N3O3/c1-27-16-8-13(9-17-19(16)29-12-28-17)10-24-15-4-6-26(7-5-15)18-3-2-14(11-25-18)20(21,22)23/h2-3,8-9,11,15,24H,4-7,10,12H2,1H3. The third-order valence-corrected chi connectivity index (χ3v) is 5.21. The number of nitrogens with one attached hydrogen (secondary N) is 1. The second-order valence-corrected chi connectivity index (χ2v) is 7.08. The predicted molar refractivity (Wildman–Crippen MR) is 100 cm³/mol. The summed E-state index contributed by atoms with van der Waals surface area (Å²) < 4.78 is 54.2. The van der Waals surface area contributed by atoms with Crippen LogP contribution in [0.15, 0.2) is 30.5 Å². The topological polar surface area (TPSA) is 55.9 Å². The van der Waals surface area contributed by atoms with E-state index < -0.39 is 11.7 Å². The highest BCUT2D eigenvalue weighted by Crippen LogP contribution is 2.41. The number of rotatable bonds is 5. The number of halogens is 3. The van der Waals surface area contributed by atoms with Crippen LogP contribution in [0.5, 0.6) is 17.2 Å². The van der Waals surface area contributed by atoms with Gasteiger partial charge in [0.25, 0.3) is 0 Å². The summed E-state index contributed by atoms with van der Waals surface area (Å²) in [4.78, 5) is 6.00. The van der Waals surface area contributed by atoms with Crippen molar-refractivity contribution in [2.45, 2.75) is 31.6 Å². The van der Waals surface area contributed by atoms with Crippen molar-refractivity contribution < 1.29 is 27.4 Å². The van der Waals surface area contributed by atoms with Crippen molar-refractivity contribution in [3.05, 3.63) is 41.6 Å². The van der Waals surface area contributed by atoms with Gasteiger partial charge in [-0.2, -0.15) is 13.2 Å². The Morgan fingerprint density at radius 1 is 1.21 bits per heavy atom. The Morgan fingerprint density at radius 3 is 2.66 bits per heavy atom. The van der Waals surface area contributed by atoms with E-state index in [2.05, 4.69) is 10.3 Å². The number of benzene rings is 1. The average molecular weight is 409 g/mol. The zero-order valence-corrected chi connectivity index (χ0v) is 16.0. The summed E-state index contributed by atoms with van der Waals surface area (Å²) >= 11 is 0. The molecule has 1 N–H and O–H groups in total. The fourth-order valence-corrected chi connectivity index (χ4v) is 3.60. The molecule has 29 heavy (non-hydrogen) atoms. The Labute approximate surface area is 166 Å². The van der Waals surface area contributed by atoms with Gasteiger partial charge in [-0.25, -0.2) is 4.98 Å². The highest BCUT2D eigenvalue weighted by atomic mass is 19.4. The maximum atomic E-state index is 12.7. The summed E-state index contributed by atoms with van der Waals surface area (Å²) in [5.41, 5.74) is 0.315. The lowest BCUT2D eigenvalue weighted by atomic mass is 10.0. The number of pyridine rings is 1. The molecular weight excluding hydrogens is 387 g/mol. The quantitative estimate of drug-likeness (QED) is 0.815. The molecule has 0 amide bonds. The number of aromatic nitrogens is 1. The fraction of sp³-hybridized carbons (Fsp3) is 0.450. The van der Waals surface area contributed by atoms with E-state index in [0.717, 1.165) is 43.8 Å². The molecule has 0 bridgehead atoms. The zero-order chi connectivity index (χ0) is 20.4. The summed E-state index contributed by atoms with van der Waals surface area (Å²) in [6.07, 6.45) is -1.71. The molecule has 6 nitrogen and oxygen atoms in total. The first-order chi connectivity index (χ1) is 13.9. The Hall–Kier alpha value is -2.68. The molecule has 1 aromatic carbocycles. The minimum absolute atomic E-state index is 0.193. The first-order valence-electron chi connectivity index (χ1n) is 9.42. The van der Waals surface area contributed by atoms with Crippen molar-refractivity contribution in [2.24, 2.45) is 0 Å². The molecule has 3 heterocycles. The van der Waals surface area contributed by atoms with E-state index in [1.807, 2.05) is 17.0 Å². The molecule has 2 aromatic rings. The number of piperidine rings is 1. The third kappa shape index (κ3) is 4.34. The van der Waals surface area contributed by atoms with Gasteiger partial charge in [0.05, 0.1) is 12.7 Å². The van der Waals surface area contributed by atoms with Gasteiger partial charge >= 0.3 is 6.18 Å². The highest BCUT2D eigenvalue weighted by molar-refractivity contribution is 5.55. The largest absolute Gasteiger partial charge is 0.493 e. The van der Waals surface area contributed by atoms with Gasteiger partial charge in [0, 0.05) is 31.9 Å². The van der Waals surface area contributed by atoms with Crippen LogP contribution in [0.2, 0.25) is 0 Å². The van der Waals surface area contributed by atoms with Crippen LogP contribution in [-0.4, -0.2) is 38.0 Å². The van der Waals surface area contributed by atoms with Crippen LogP contribution in [0.25, 0.3) is 0 Å². The number of alkyl halides is 3. The Bertz CT molecular complexity index is 851. The maximum absolute atomic E-state index is 12.7. The van der Waals surface area contributed by atoms with Gasteiger partial charge in [-0.3, -0.25) is 0 Å². The average Bonchev–Trinajstić information content (AvgIpc) is 3.20. The van der Waals surface area contributed by atoms with E-state index in [1.54, 1.807) is 7.11 Å². The van der Waals surface area contributed by atoms with Gasteiger partial charge in [-0.15, -0.1) is 0 Å². The molecule has 0 saturated carbocycles. The summed E-state index contributed by atoms with van der Waals surface area (Å²) in [6, 6.07) is 6.72. The molecule has 0 unspecified atom stereocenters. The molecule has 0 radical (unpaired) electrons. The number of hydrogen-bond acceptors (Lipinski definition) is 6. The first-order valence-corrected chi connectivity index (χ1v) is 9.42. The van der Waals surface area contributed by atoms with Crippen molar-refractivity contribution >= 4 is 5.82 Å². The van der Waals surface area contributed by atoms with Crippen LogP contribution >= 0.6 is 0 Å². The summed E-state index contributed by atoms with van der Waals surface area (Å²) in [5, 5.41) is 3.53. The van der Waals surface area contributed by atoms with Gasteiger partial charge in [-0.1, -0.05) is 0 Å². The fourth-order valence-electron chi connectivity index (χ4n) is 3.60. The van der Waals surface area contributed by atoms with Gasteiger partial charge < -0.3 is 24.4 Å². The van der Waals surface area contributed by atoms with Gasteiger partial charge in [0.15, 0.2) is 11.5 Å². The molecular formula is C20H22F3N3O3. The van der Waals surface area contributed by atoms with E-state index in [0.29, 0.717) is 35.7 Å². The van der Waals surface area contributed by atoms with E-state index in [9.17, 15) is 13.2 Å². The normalized spacial score (nSPS) is 16.9. The van der Waals surface area contributed by atoms with E-state index in [4.69, 9.17) is 14.2 Å². The van der Waals surface area contributed by atoms with Crippen LogP contribution in [0, 0.1) is 0 Å². The number of ether oxygens (including phenoxy) is 3. The molecule has 4 rings (SSSR count). The lowest BCUT2D eigenvalue weighted by Crippen LogP contribution is -2.42. The Balaban J connectivity index is 1.30. The number of anilines is 1. The molecule has 0 aliphatic carbocycles. The second kappa shape index (κ2) is 7.98. The van der Waals surface area contributed by atoms with Gasteiger partial charge in [0.2, 0.25) is 12.5 Å². The van der Waals surface area contributed by atoms with Crippen molar-refractivity contribution in [1.29, 1.82) is 0 Å². The van der Waals surface area contributed by atoms with Crippen molar-refractivity contribution in [1.82, 2.24) is 10.3 Å². The van der Waals surface area contributed by atoms with Crippen molar-refractivity contribution in [2.75, 3.05) is 31.9 Å². The lowest BCUT2D eigenvalue weighted by Gasteiger charge is -2.33. The van der Waals surface area contributed by atoms with Crippen LogP contribution in [-0.2, 0) is 12.7 Å². The van der Waals surface area contributed by atoms with E-state index in [-0.39, 0.29) is 6.79 Å². The first kappa shape index (κ1) is 19.6. The molecule has 1 aromatic heterocycles. The number of methoxy groups -OCH3 is 1. The van der Waals surface area contributed by atoms with Crippen LogP contribution < -0.4 is 24.4 Å². The van der Waals surface area contributed by atoms with Crippen LogP contribution in [0.3, 0.4) is 0 Å². The predicted octanol–water partition coefficient (Wildman–Crippen LogP) is 3.60. The zero-order valence-electron chi connectivity index (χ0n) is 16.0. The number of fused-ring (bicyclic) bond motifs is 1. The second-order valence-electron chi connectivity index (χ2n) is 7.08. The minimum Gasteiger partial charge on any atom is -0.493 e. The number of nitrogens with zero attached hydrogens (tertiary/aromatic N) is 2. The lowest BCUT2D eigenvalue weighted by molar-refractivity contribution is -0.137. The SMILES string of the molecule is COc1cc(CNC2CCN(c3ccc(C(F)(F)F)cn3)CC2)cc2c1OCO2. The smallest absolute Gasteiger partial charge is 0.417 e. The maximum Gasteiger partial charge on any atom is 0.417 e. The van der Waals surface area contributed by atoms with Crippen molar-refractivity contribution in [3.63, 3.8) is 0 Å². The summed E-state index contributed by atoms with van der Waals surface area (Å²) in [5.74, 6) is 2.55. The Morgan fingerprint density at radius 2 is 2.00 bits per heavy atom. The summed E-state index contributed by atoms with van der Waals surface area (Å²) in [7, 11) is 1.60. The van der Waals surface area contributed by atoms with E-state index in [1.165, 1.54) is 6.07 Å². The molecule has 9 heteroatoms. The molecule has 156 valence electrons. The molecule has 0 atom stereocenters. The van der Waals surface area contributed by atoms with Crippen LogP contribution in [0.1, 0.15) is 24.0 Å². The summed E-state index contributed by atoms with van der Waals surface area (Å²) in [6.45, 7) is 2.33. The van der Waals surface area contributed by atoms with E-state index >= 15 is 0 Å².